The van der Waals surface area contributed by atoms with Crippen LogP contribution in [-0.4, -0.2) is 29.6 Å². The van der Waals surface area contributed by atoms with Crippen molar-refractivity contribution in [2.75, 3.05) is 11.9 Å². The Balaban J connectivity index is 1.48. The van der Waals surface area contributed by atoms with Crippen LogP contribution in [0.5, 0.6) is 0 Å². The van der Waals surface area contributed by atoms with E-state index in [4.69, 9.17) is 4.74 Å². The predicted molar refractivity (Wildman–Crippen MR) is 113 cm³/mol. The van der Waals surface area contributed by atoms with Crippen molar-refractivity contribution in [1.82, 2.24) is 5.32 Å². The first-order valence-electron chi connectivity index (χ1n) is 9.63. The summed E-state index contributed by atoms with van der Waals surface area (Å²) >= 11 is 1.33. The molecule has 2 atom stereocenters. The van der Waals surface area contributed by atoms with Gasteiger partial charge in [-0.1, -0.05) is 55.8 Å². The van der Waals surface area contributed by atoms with Crippen molar-refractivity contribution in [3.63, 3.8) is 0 Å². The molecule has 2 aromatic carbocycles. The lowest BCUT2D eigenvalue weighted by atomic mass is 10.0. The number of rotatable bonds is 8. The Morgan fingerprint density at radius 1 is 1.14 bits per heavy atom. The maximum Gasteiger partial charge on any atom is 0.307 e. The molecule has 0 spiro atoms. The third-order valence-corrected chi connectivity index (χ3v) is 5.81. The first-order chi connectivity index (χ1) is 14.1. The minimum absolute atomic E-state index is 0.0881. The Labute approximate surface area is 174 Å². The van der Waals surface area contributed by atoms with Gasteiger partial charge in [0.15, 0.2) is 6.61 Å². The summed E-state index contributed by atoms with van der Waals surface area (Å²) in [5, 5.41) is 5.13. The fourth-order valence-electron chi connectivity index (χ4n) is 3.12. The maximum absolute atomic E-state index is 12.3. The molecule has 0 saturated carbocycles. The number of hydrogen-bond acceptors (Lipinski definition) is 5. The van der Waals surface area contributed by atoms with E-state index in [0.29, 0.717) is 0 Å². The molecule has 1 aliphatic rings. The molecule has 0 saturated heterocycles. The molecule has 2 N–H and O–H groups in total. The van der Waals surface area contributed by atoms with Gasteiger partial charge in [0, 0.05) is 4.90 Å². The number of thioether (sulfide) groups is 1. The summed E-state index contributed by atoms with van der Waals surface area (Å²) in [5.74, 6) is -1.16. The molecule has 1 heterocycles. The van der Waals surface area contributed by atoms with Crippen LogP contribution in [0.15, 0.2) is 59.5 Å². The molecule has 3 rings (SSSR count). The number of esters is 1. The molecular weight excluding hydrogens is 388 g/mol. The summed E-state index contributed by atoms with van der Waals surface area (Å²) in [5.41, 5.74) is 1.76. The number of nitrogens with one attached hydrogen (secondary N) is 2. The van der Waals surface area contributed by atoms with Crippen LogP contribution in [0, 0.1) is 0 Å². The van der Waals surface area contributed by atoms with E-state index in [2.05, 4.69) is 10.6 Å². The van der Waals surface area contributed by atoms with E-state index in [0.717, 1.165) is 29.0 Å². The second-order valence-corrected chi connectivity index (χ2v) is 8.02. The van der Waals surface area contributed by atoms with Crippen LogP contribution in [0.3, 0.4) is 0 Å². The van der Waals surface area contributed by atoms with Crippen LogP contribution in [0.2, 0.25) is 0 Å². The Kier molecular flexibility index (Phi) is 7.30. The Morgan fingerprint density at radius 2 is 1.86 bits per heavy atom. The number of hydrogen-bond donors (Lipinski definition) is 2. The fourth-order valence-corrected chi connectivity index (χ4v) is 4.21. The quantitative estimate of drug-likeness (QED) is 0.646. The van der Waals surface area contributed by atoms with Gasteiger partial charge in [-0.05, 0) is 24.1 Å². The van der Waals surface area contributed by atoms with Gasteiger partial charge < -0.3 is 15.4 Å². The molecule has 2 aromatic rings. The summed E-state index contributed by atoms with van der Waals surface area (Å²) in [6.07, 6.45) is 1.62. The van der Waals surface area contributed by atoms with E-state index < -0.39 is 11.2 Å². The first kappa shape index (κ1) is 20.9. The van der Waals surface area contributed by atoms with Gasteiger partial charge >= 0.3 is 5.97 Å². The largest absolute Gasteiger partial charge is 0.456 e. The fraction of sp³-hybridized carbons (Fsp3) is 0.318. The highest BCUT2D eigenvalue weighted by atomic mass is 32.2. The molecular formula is C22H24N2O4S. The van der Waals surface area contributed by atoms with Crippen molar-refractivity contribution in [3.8, 4) is 0 Å². The second kappa shape index (κ2) is 10.1. The molecule has 0 radical (unpaired) electrons. The van der Waals surface area contributed by atoms with Crippen LogP contribution in [0.25, 0.3) is 0 Å². The van der Waals surface area contributed by atoms with Crippen molar-refractivity contribution < 1.29 is 19.1 Å². The highest BCUT2D eigenvalue weighted by Crippen LogP contribution is 2.36. The van der Waals surface area contributed by atoms with E-state index in [1.165, 1.54) is 11.8 Å². The number of fused-ring (bicyclic) bond motifs is 1. The van der Waals surface area contributed by atoms with E-state index in [1.54, 1.807) is 0 Å². The standard InChI is InChI=1S/C22H24N2O4S/c1-2-8-16(15-9-4-3-5-10-15)23-20(25)14-28-21(26)13-19-22(27)24-17-11-6-7-12-18(17)29-19/h3-7,9-12,16,19H,2,8,13-14H2,1H3,(H,23,25)(H,24,27). The number of anilines is 1. The lowest BCUT2D eigenvalue weighted by Crippen LogP contribution is -2.34. The number of carbonyl (C=O) groups is 3. The van der Waals surface area contributed by atoms with Gasteiger partial charge in [-0.15, -0.1) is 11.8 Å². The Bertz CT molecular complexity index is 872. The van der Waals surface area contributed by atoms with E-state index in [1.807, 2.05) is 61.5 Å². The molecule has 29 heavy (non-hydrogen) atoms. The third-order valence-electron chi connectivity index (χ3n) is 4.54. The SMILES string of the molecule is CCCC(NC(=O)COC(=O)CC1Sc2ccccc2NC1=O)c1ccccc1. The van der Waals surface area contributed by atoms with Crippen LogP contribution in [0.1, 0.15) is 37.8 Å². The average Bonchev–Trinajstić information content (AvgIpc) is 2.73. The molecule has 7 heteroatoms. The highest BCUT2D eigenvalue weighted by molar-refractivity contribution is 8.01. The summed E-state index contributed by atoms with van der Waals surface area (Å²) in [6.45, 7) is 1.69. The minimum Gasteiger partial charge on any atom is -0.456 e. The molecule has 0 bridgehead atoms. The van der Waals surface area contributed by atoms with Gasteiger partial charge in [0.25, 0.3) is 5.91 Å². The highest BCUT2D eigenvalue weighted by Gasteiger charge is 2.29. The van der Waals surface area contributed by atoms with Crippen LogP contribution in [0.4, 0.5) is 5.69 Å². The van der Waals surface area contributed by atoms with Crippen molar-refractivity contribution in [2.24, 2.45) is 0 Å². The Hall–Kier alpha value is -2.80. The predicted octanol–water partition coefficient (Wildman–Crippen LogP) is 3.69. The van der Waals surface area contributed by atoms with Crippen LogP contribution in [-0.2, 0) is 19.1 Å². The van der Waals surface area contributed by atoms with Crippen LogP contribution >= 0.6 is 11.8 Å². The summed E-state index contributed by atoms with van der Waals surface area (Å²) in [6, 6.07) is 17.0. The van der Waals surface area contributed by atoms with E-state index in [9.17, 15) is 14.4 Å². The smallest absolute Gasteiger partial charge is 0.307 e. The maximum atomic E-state index is 12.3. The van der Waals surface area contributed by atoms with E-state index >= 15 is 0 Å². The average molecular weight is 413 g/mol. The summed E-state index contributed by atoms with van der Waals surface area (Å²) < 4.78 is 5.11. The topological polar surface area (TPSA) is 84.5 Å². The van der Waals surface area contributed by atoms with Crippen LogP contribution < -0.4 is 10.6 Å². The van der Waals surface area contributed by atoms with Gasteiger partial charge in [-0.2, -0.15) is 0 Å². The molecule has 0 aliphatic carbocycles. The zero-order valence-corrected chi connectivity index (χ0v) is 17.0. The summed E-state index contributed by atoms with van der Waals surface area (Å²) in [4.78, 5) is 37.5. The van der Waals surface area contributed by atoms with Gasteiger partial charge in [-0.25, -0.2) is 0 Å². The monoisotopic (exact) mass is 412 g/mol. The molecule has 2 unspecified atom stereocenters. The number of amides is 2. The third kappa shape index (κ3) is 5.84. The van der Waals surface area contributed by atoms with Crippen molar-refractivity contribution in [2.45, 2.75) is 42.4 Å². The minimum atomic E-state index is -0.572. The molecule has 0 aromatic heterocycles. The molecule has 1 aliphatic heterocycles. The lowest BCUT2D eigenvalue weighted by molar-refractivity contribution is -0.149. The first-order valence-corrected chi connectivity index (χ1v) is 10.5. The van der Waals surface area contributed by atoms with Crippen molar-refractivity contribution in [3.05, 3.63) is 60.2 Å². The number of para-hydroxylation sites is 1. The number of carbonyl (C=O) groups excluding carboxylic acids is 3. The lowest BCUT2D eigenvalue weighted by Gasteiger charge is -2.23. The normalized spacial score (nSPS) is 16.3. The van der Waals surface area contributed by atoms with Crippen molar-refractivity contribution >= 4 is 35.2 Å². The molecule has 6 nitrogen and oxygen atoms in total. The van der Waals surface area contributed by atoms with Gasteiger partial charge in [0.2, 0.25) is 5.91 Å². The number of benzene rings is 2. The van der Waals surface area contributed by atoms with Gasteiger partial charge in [0.05, 0.1) is 23.4 Å². The molecule has 152 valence electrons. The molecule has 2 amide bonds. The van der Waals surface area contributed by atoms with Crippen molar-refractivity contribution in [1.29, 1.82) is 0 Å². The summed E-state index contributed by atoms with van der Waals surface area (Å²) in [7, 11) is 0. The van der Waals surface area contributed by atoms with Gasteiger partial charge in [-0.3, -0.25) is 14.4 Å². The number of ether oxygens (including phenoxy) is 1. The van der Waals surface area contributed by atoms with E-state index in [-0.39, 0.29) is 30.9 Å². The Morgan fingerprint density at radius 3 is 2.62 bits per heavy atom. The zero-order chi connectivity index (χ0) is 20.6. The molecule has 0 fully saturated rings. The second-order valence-electron chi connectivity index (χ2n) is 6.78. The van der Waals surface area contributed by atoms with Gasteiger partial charge in [0.1, 0.15) is 0 Å². The zero-order valence-electron chi connectivity index (χ0n) is 16.2.